The molecule has 118 valence electrons. The van der Waals surface area contributed by atoms with Crippen LogP contribution in [0.15, 0.2) is 61.5 Å². The molecule has 0 bridgehead atoms. The molecule has 0 atom stereocenters. The van der Waals surface area contributed by atoms with Crippen molar-refractivity contribution in [1.29, 1.82) is 0 Å². The fraction of sp³-hybridized carbons (Fsp3) is 0. The van der Waals surface area contributed by atoms with E-state index in [2.05, 4.69) is 0 Å². The van der Waals surface area contributed by atoms with Crippen molar-refractivity contribution in [2.24, 2.45) is 0 Å². The van der Waals surface area contributed by atoms with Crippen molar-refractivity contribution in [3.8, 4) is 0 Å². The minimum atomic E-state index is -4.21. The Kier molecular flexibility index (Phi) is 3.69. The lowest BCUT2D eigenvalue weighted by atomic mass is 10.2. The molecular weight excluding hydrogens is 350 g/mol. The Labute approximate surface area is 133 Å². The topological polar surface area (TPSA) is 64.3 Å². The summed E-state index contributed by atoms with van der Waals surface area (Å²) in [7, 11) is -4.21. The highest BCUT2D eigenvalue weighted by Gasteiger charge is 2.24. The Morgan fingerprint density at radius 3 is 2.30 bits per heavy atom. The Balaban J connectivity index is 2.29. The van der Waals surface area contributed by atoms with E-state index in [1.165, 1.54) is 24.3 Å². The molecule has 8 heteroatoms. The van der Waals surface area contributed by atoms with Crippen molar-refractivity contribution in [2.45, 2.75) is 9.79 Å². The molecule has 0 spiro atoms. The van der Waals surface area contributed by atoms with E-state index in [4.69, 9.17) is 16.0 Å². The van der Waals surface area contributed by atoms with Gasteiger partial charge in [0, 0.05) is 16.5 Å². The largest absolute Gasteiger partial charge is 0.419 e. The summed E-state index contributed by atoms with van der Waals surface area (Å²) in [5.41, 5.74) is -1.75. The van der Waals surface area contributed by atoms with Crippen molar-refractivity contribution in [3.05, 3.63) is 69.5 Å². The van der Waals surface area contributed by atoms with E-state index in [0.717, 1.165) is 12.1 Å². The van der Waals surface area contributed by atoms with E-state index in [9.17, 15) is 22.0 Å². The SMILES string of the molecule is O=c1oc2c(F)cc(F)cc2cc1S(=O)(=O)c1ccc(Cl)cc1. The zero-order valence-corrected chi connectivity index (χ0v) is 12.8. The second-order valence-corrected chi connectivity index (χ2v) is 7.02. The molecule has 1 heterocycles. The van der Waals surface area contributed by atoms with Gasteiger partial charge in [0.15, 0.2) is 16.3 Å². The Morgan fingerprint density at radius 2 is 1.65 bits per heavy atom. The van der Waals surface area contributed by atoms with E-state index >= 15 is 0 Å². The van der Waals surface area contributed by atoms with E-state index in [0.29, 0.717) is 11.1 Å². The van der Waals surface area contributed by atoms with Gasteiger partial charge in [-0.25, -0.2) is 22.0 Å². The van der Waals surface area contributed by atoms with Crippen LogP contribution in [0, 0.1) is 11.6 Å². The van der Waals surface area contributed by atoms with E-state index in [1.807, 2.05) is 0 Å². The van der Waals surface area contributed by atoms with Gasteiger partial charge >= 0.3 is 5.63 Å². The van der Waals surface area contributed by atoms with Gasteiger partial charge < -0.3 is 4.42 Å². The highest BCUT2D eigenvalue weighted by Crippen LogP contribution is 2.25. The minimum Gasteiger partial charge on any atom is -0.419 e. The number of sulfone groups is 1. The van der Waals surface area contributed by atoms with Crippen LogP contribution < -0.4 is 5.63 Å². The molecule has 0 unspecified atom stereocenters. The number of hydrogen-bond acceptors (Lipinski definition) is 4. The number of rotatable bonds is 2. The van der Waals surface area contributed by atoms with Gasteiger partial charge in [0.05, 0.1) is 4.90 Å². The molecule has 2 aromatic carbocycles. The van der Waals surface area contributed by atoms with Crippen molar-refractivity contribution in [3.63, 3.8) is 0 Å². The second kappa shape index (κ2) is 5.43. The molecule has 0 saturated carbocycles. The van der Waals surface area contributed by atoms with Gasteiger partial charge in [0.25, 0.3) is 0 Å². The lowest BCUT2D eigenvalue weighted by Crippen LogP contribution is -2.14. The predicted octanol–water partition coefficient (Wildman–Crippen LogP) is 3.56. The minimum absolute atomic E-state index is 0.172. The van der Waals surface area contributed by atoms with Crippen LogP contribution in [0.3, 0.4) is 0 Å². The van der Waals surface area contributed by atoms with Crippen molar-refractivity contribution in [1.82, 2.24) is 0 Å². The highest BCUT2D eigenvalue weighted by molar-refractivity contribution is 7.91. The standard InChI is InChI=1S/C15H7ClF2O4S/c16-9-1-3-11(4-2-9)23(20,21)13-6-8-5-10(17)7-12(18)14(8)22-15(13)19/h1-7H. The monoisotopic (exact) mass is 356 g/mol. The van der Waals surface area contributed by atoms with Crippen LogP contribution in [0.25, 0.3) is 11.0 Å². The molecule has 1 aromatic heterocycles. The second-order valence-electron chi connectivity index (χ2n) is 4.66. The molecule has 23 heavy (non-hydrogen) atoms. The molecule has 0 saturated heterocycles. The predicted molar refractivity (Wildman–Crippen MR) is 79.3 cm³/mol. The molecule has 3 aromatic rings. The highest BCUT2D eigenvalue weighted by atomic mass is 35.5. The van der Waals surface area contributed by atoms with Crippen LogP contribution in [0.5, 0.6) is 0 Å². The van der Waals surface area contributed by atoms with Gasteiger partial charge in [-0.1, -0.05) is 11.6 Å². The van der Waals surface area contributed by atoms with Crippen LogP contribution in [-0.4, -0.2) is 8.42 Å². The van der Waals surface area contributed by atoms with Crippen LogP contribution >= 0.6 is 11.6 Å². The average Bonchev–Trinajstić information content (AvgIpc) is 2.48. The zero-order chi connectivity index (χ0) is 16.8. The van der Waals surface area contributed by atoms with Gasteiger partial charge in [0.1, 0.15) is 5.82 Å². The summed E-state index contributed by atoms with van der Waals surface area (Å²) < 4.78 is 56.5. The Morgan fingerprint density at radius 1 is 1.00 bits per heavy atom. The molecule has 0 radical (unpaired) electrons. The van der Waals surface area contributed by atoms with E-state index < -0.39 is 37.6 Å². The van der Waals surface area contributed by atoms with Crippen molar-refractivity contribution < 1.29 is 21.6 Å². The molecule has 4 nitrogen and oxygen atoms in total. The first-order valence-corrected chi connectivity index (χ1v) is 8.09. The quantitative estimate of drug-likeness (QED) is 0.659. The molecule has 0 aliphatic carbocycles. The summed E-state index contributed by atoms with van der Waals surface area (Å²) in [6, 6.07) is 7.42. The molecule has 0 N–H and O–H groups in total. The molecule has 0 fully saturated rings. The summed E-state index contributed by atoms with van der Waals surface area (Å²) >= 11 is 5.69. The molecule has 0 amide bonds. The number of benzene rings is 2. The first-order valence-electron chi connectivity index (χ1n) is 6.22. The summed E-state index contributed by atoms with van der Waals surface area (Å²) in [6.07, 6.45) is 0. The smallest absolute Gasteiger partial charge is 0.355 e. The molecular formula is C15H7ClF2O4S. The van der Waals surface area contributed by atoms with Gasteiger partial charge in [-0.3, -0.25) is 0 Å². The Hall–Kier alpha value is -2.25. The fourth-order valence-corrected chi connectivity index (χ4v) is 3.48. The van der Waals surface area contributed by atoms with Crippen LogP contribution in [0.1, 0.15) is 0 Å². The third kappa shape index (κ3) is 2.73. The van der Waals surface area contributed by atoms with Crippen molar-refractivity contribution >= 4 is 32.4 Å². The van der Waals surface area contributed by atoms with Gasteiger partial charge in [-0.2, -0.15) is 0 Å². The third-order valence-electron chi connectivity index (χ3n) is 3.13. The summed E-state index contributed by atoms with van der Waals surface area (Å²) in [6.45, 7) is 0. The van der Waals surface area contributed by atoms with Gasteiger partial charge in [-0.05, 0) is 36.4 Å². The van der Waals surface area contributed by atoms with Crippen molar-refractivity contribution in [2.75, 3.05) is 0 Å². The number of fused-ring (bicyclic) bond motifs is 1. The first-order chi connectivity index (χ1) is 10.8. The maximum absolute atomic E-state index is 13.6. The third-order valence-corrected chi connectivity index (χ3v) is 5.14. The van der Waals surface area contributed by atoms with E-state index in [1.54, 1.807) is 0 Å². The fourth-order valence-electron chi connectivity index (χ4n) is 2.07. The molecule has 0 aliphatic heterocycles. The first kappa shape index (κ1) is 15.6. The Bertz CT molecular complexity index is 1070. The zero-order valence-electron chi connectivity index (χ0n) is 11.2. The van der Waals surface area contributed by atoms with Crippen LogP contribution in [0.2, 0.25) is 5.02 Å². The lowest BCUT2D eigenvalue weighted by molar-refractivity contribution is 0.500. The maximum atomic E-state index is 13.6. The molecule has 3 rings (SSSR count). The number of hydrogen-bond donors (Lipinski definition) is 0. The van der Waals surface area contributed by atoms with Crippen LogP contribution in [0.4, 0.5) is 8.78 Å². The average molecular weight is 357 g/mol. The summed E-state index contributed by atoms with van der Waals surface area (Å²) in [5, 5.41) is 0.147. The summed E-state index contributed by atoms with van der Waals surface area (Å²) in [4.78, 5) is 11.0. The maximum Gasteiger partial charge on any atom is 0.355 e. The number of halogens is 3. The normalized spacial score (nSPS) is 11.8. The summed E-state index contributed by atoms with van der Waals surface area (Å²) in [5.74, 6) is -2.01. The van der Waals surface area contributed by atoms with Gasteiger partial charge in [0.2, 0.25) is 9.84 Å². The van der Waals surface area contributed by atoms with Gasteiger partial charge in [-0.15, -0.1) is 0 Å². The lowest BCUT2D eigenvalue weighted by Gasteiger charge is -2.05. The molecule has 0 aliphatic rings. The van der Waals surface area contributed by atoms with E-state index in [-0.39, 0.29) is 10.3 Å². The van der Waals surface area contributed by atoms with Crippen LogP contribution in [-0.2, 0) is 9.84 Å².